The number of rotatable bonds is 7. The number of halogens is 1. The van der Waals surface area contributed by atoms with Crippen LogP contribution >= 0.6 is 11.6 Å². The van der Waals surface area contributed by atoms with E-state index in [9.17, 15) is 9.59 Å². The van der Waals surface area contributed by atoms with Gasteiger partial charge in [0.25, 0.3) is 0 Å². The van der Waals surface area contributed by atoms with E-state index in [-0.39, 0.29) is 18.4 Å². The number of methoxy groups -OCH3 is 1. The van der Waals surface area contributed by atoms with Gasteiger partial charge in [-0.3, -0.25) is 9.59 Å². The van der Waals surface area contributed by atoms with E-state index < -0.39 is 0 Å². The Bertz CT molecular complexity index is 792. The molecule has 0 spiro atoms. The van der Waals surface area contributed by atoms with Crippen LogP contribution in [0.3, 0.4) is 0 Å². The van der Waals surface area contributed by atoms with Gasteiger partial charge in [0.2, 0.25) is 11.8 Å². The molecule has 138 valence electrons. The van der Waals surface area contributed by atoms with Crippen molar-refractivity contribution in [3.8, 4) is 5.75 Å². The number of ether oxygens (including phenoxy) is 1. The molecule has 0 aliphatic rings. The van der Waals surface area contributed by atoms with E-state index >= 15 is 0 Å². The lowest BCUT2D eigenvalue weighted by Gasteiger charge is -2.21. The minimum Gasteiger partial charge on any atom is -0.496 e. The van der Waals surface area contributed by atoms with Crippen LogP contribution in [-0.4, -0.2) is 36.9 Å². The van der Waals surface area contributed by atoms with Crippen molar-refractivity contribution >= 4 is 29.1 Å². The predicted molar refractivity (Wildman–Crippen MR) is 104 cm³/mol. The highest BCUT2D eigenvalue weighted by Crippen LogP contribution is 2.23. The Kier molecular flexibility index (Phi) is 7.04. The zero-order valence-electron chi connectivity index (χ0n) is 15.2. The Morgan fingerprint density at radius 3 is 2.58 bits per heavy atom. The second-order valence-electron chi connectivity index (χ2n) is 5.96. The van der Waals surface area contributed by atoms with E-state index in [4.69, 9.17) is 16.3 Å². The Hall–Kier alpha value is -2.53. The van der Waals surface area contributed by atoms with Crippen LogP contribution in [0.4, 0.5) is 5.69 Å². The minimum atomic E-state index is -0.259. The fourth-order valence-corrected chi connectivity index (χ4v) is 2.79. The number of hydrogen-bond donors (Lipinski definition) is 1. The number of amides is 2. The molecule has 0 bridgehead atoms. The maximum Gasteiger partial charge on any atom is 0.244 e. The van der Waals surface area contributed by atoms with Crippen LogP contribution in [0.25, 0.3) is 0 Å². The van der Waals surface area contributed by atoms with Crippen LogP contribution in [0.15, 0.2) is 42.5 Å². The summed E-state index contributed by atoms with van der Waals surface area (Å²) in [4.78, 5) is 25.8. The van der Waals surface area contributed by atoms with E-state index in [2.05, 4.69) is 5.32 Å². The second kappa shape index (κ2) is 9.25. The summed E-state index contributed by atoms with van der Waals surface area (Å²) in [6.07, 6.45) is 0.604. The number of hydrogen-bond acceptors (Lipinski definition) is 3. The first-order chi connectivity index (χ1) is 12.4. The normalized spacial score (nSPS) is 10.3. The molecule has 0 atom stereocenters. The molecule has 0 aliphatic heterocycles. The second-order valence-corrected chi connectivity index (χ2v) is 6.37. The zero-order valence-corrected chi connectivity index (χ0v) is 16.0. The van der Waals surface area contributed by atoms with Gasteiger partial charge in [-0.2, -0.15) is 0 Å². The lowest BCUT2D eigenvalue weighted by molar-refractivity contribution is -0.132. The highest BCUT2D eigenvalue weighted by molar-refractivity contribution is 6.31. The first kappa shape index (κ1) is 19.8. The van der Waals surface area contributed by atoms with Gasteiger partial charge >= 0.3 is 0 Å². The largest absolute Gasteiger partial charge is 0.496 e. The summed E-state index contributed by atoms with van der Waals surface area (Å²) >= 11 is 6.07. The highest BCUT2D eigenvalue weighted by Gasteiger charge is 2.15. The molecule has 2 aromatic carbocycles. The summed E-state index contributed by atoms with van der Waals surface area (Å²) in [5.41, 5.74) is 2.44. The lowest BCUT2D eigenvalue weighted by Crippen LogP contribution is -2.38. The van der Waals surface area contributed by atoms with Crippen LogP contribution in [-0.2, 0) is 16.0 Å². The predicted octanol–water partition coefficient (Wildman–Crippen LogP) is 3.69. The number of carbonyl (C=O) groups is 2. The summed E-state index contributed by atoms with van der Waals surface area (Å²) in [5, 5.41) is 3.40. The Morgan fingerprint density at radius 2 is 1.88 bits per heavy atom. The number of benzene rings is 2. The fourth-order valence-electron chi connectivity index (χ4n) is 2.62. The van der Waals surface area contributed by atoms with Crippen molar-refractivity contribution in [1.29, 1.82) is 0 Å². The monoisotopic (exact) mass is 374 g/mol. The molecule has 1 N–H and O–H groups in total. The Balaban J connectivity index is 2.00. The van der Waals surface area contributed by atoms with Crippen LogP contribution in [0.2, 0.25) is 5.02 Å². The van der Waals surface area contributed by atoms with Crippen LogP contribution in [0.5, 0.6) is 5.75 Å². The highest BCUT2D eigenvalue weighted by atomic mass is 35.5. The van der Waals surface area contributed by atoms with Gasteiger partial charge < -0.3 is 15.0 Å². The van der Waals surface area contributed by atoms with Gasteiger partial charge in [-0.25, -0.2) is 0 Å². The number of nitrogens with one attached hydrogen (secondary N) is 1. The average Bonchev–Trinajstić information content (AvgIpc) is 2.62. The summed E-state index contributed by atoms with van der Waals surface area (Å²) in [7, 11) is 1.61. The van der Waals surface area contributed by atoms with Crippen molar-refractivity contribution in [3.63, 3.8) is 0 Å². The topological polar surface area (TPSA) is 58.6 Å². The maximum absolute atomic E-state index is 12.4. The average molecular weight is 375 g/mol. The van der Waals surface area contributed by atoms with E-state index in [1.165, 1.54) is 11.8 Å². The molecule has 0 heterocycles. The summed E-state index contributed by atoms with van der Waals surface area (Å²) in [6.45, 7) is 3.70. The molecule has 0 aromatic heterocycles. The molecule has 0 unspecified atom stereocenters. The van der Waals surface area contributed by atoms with E-state index in [1.807, 2.05) is 31.2 Å². The molecule has 0 fully saturated rings. The molecular formula is C20H23ClN2O3. The minimum absolute atomic E-state index is 0.0174. The molecule has 2 aromatic rings. The van der Waals surface area contributed by atoms with Crippen LogP contribution in [0, 0.1) is 6.92 Å². The molecule has 0 aliphatic carbocycles. The van der Waals surface area contributed by atoms with E-state index in [1.54, 1.807) is 25.3 Å². The van der Waals surface area contributed by atoms with Gasteiger partial charge in [0.15, 0.2) is 0 Å². The molecule has 2 amide bonds. The molecule has 2 rings (SSSR count). The standard InChI is InChI=1S/C20H23ClN2O3/c1-14-17(21)8-6-9-18(14)22-20(25)13-23(15(2)24)12-11-16-7-4-5-10-19(16)26-3/h4-10H,11-13H2,1-3H3,(H,22,25). The molecule has 0 saturated heterocycles. The third-order valence-corrected chi connectivity index (χ3v) is 4.57. The summed E-state index contributed by atoms with van der Waals surface area (Å²) in [6, 6.07) is 13.0. The van der Waals surface area contributed by atoms with Crippen molar-refractivity contribution in [1.82, 2.24) is 4.90 Å². The van der Waals surface area contributed by atoms with Gasteiger partial charge in [0.1, 0.15) is 5.75 Å². The molecule has 0 saturated carbocycles. The maximum atomic E-state index is 12.4. The van der Waals surface area contributed by atoms with E-state index in [0.29, 0.717) is 23.7 Å². The third-order valence-electron chi connectivity index (χ3n) is 4.17. The molecule has 0 radical (unpaired) electrons. The fraction of sp³-hybridized carbons (Fsp3) is 0.300. The summed E-state index contributed by atoms with van der Waals surface area (Å²) in [5.74, 6) is 0.360. The molecule has 26 heavy (non-hydrogen) atoms. The van der Waals surface area contributed by atoms with Crippen molar-refractivity contribution in [3.05, 3.63) is 58.6 Å². The van der Waals surface area contributed by atoms with Crippen molar-refractivity contribution in [2.24, 2.45) is 0 Å². The number of carbonyl (C=O) groups excluding carboxylic acids is 2. The number of nitrogens with zero attached hydrogens (tertiary/aromatic N) is 1. The van der Waals surface area contributed by atoms with Crippen molar-refractivity contribution in [2.75, 3.05) is 25.5 Å². The van der Waals surface area contributed by atoms with Crippen LogP contribution < -0.4 is 10.1 Å². The van der Waals surface area contributed by atoms with Gasteiger partial charge in [-0.05, 0) is 42.7 Å². The van der Waals surface area contributed by atoms with Gasteiger partial charge in [-0.15, -0.1) is 0 Å². The van der Waals surface area contributed by atoms with Gasteiger partial charge in [-0.1, -0.05) is 35.9 Å². The summed E-state index contributed by atoms with van der Waals surface area (Å²) < 4.78 is 5.33. The quantitative estimate of drug-likeness (QED) is 0.804. The van der Waals surface area contributed by atoms with Crippen LogP contribution in [0.1, 0.15) is 18.1 Å². The smallest absolute Gasteiger partial charge is 0.244 e. The zero-order chi connectivity index (χ0) is 19.1. The van der Waals surface area contributed by atoms with Crippen molar-refractivity contribution in [2.45, 2.75) is 20.3 Å². The van der Waals surface area contributed by atoms with E-state index in [0.717, 1.165) is 16.9 Å². The lowest BCUT2D eigenvalue weighted by atomic mass is 10.1. The van der Waals surface area contributed by atoms with Gasteiger partial charge in [0.05, 0.1) is 13.7 Å². The number of para-hydroxylation sites is 1. The first-order valence-electron chi connectivity index (χ1n) is 8.34. The van der Waals surface area contributed by atoms with Gasteiger partial charge in [0, 0.05) is 24.2 Å². The molecule has 6 heteroatoms. The third kappa shape index (κ3) is 5.23. The molecule has 5 nitrogen and oxygen atoms in total. The van der Waals surface area contributed by atoms with Crippen molar-refractivity contribution < 1.29 is 14.3 Å². The molecular weight excluding hydrogens is 352 g/mol. The SMILES string of the molecule is COc1ccccc1CCN(CC(=O)Nc1cccc(Cl)c1C)C(C)=O. The first-order valence-corrected chi connectivity index (χ1v) is 8.72. The number of anilines is 1. The Labute approximate surface area is 158 Å². The Morgan fingerprint density at radius 1 is 1.15 bits per heavy atom.